The number of nitrogen functional groups attached to an aromatic ring is 1. The number of halogens is 2. The van der Waals surface area contributed by atoms with Crippen LogP contribution in [0.5, 0.6) is 0 Å². The minimum atomic E-state index is 0.596. The Morgan fingerprint density at radius 2 is 2.17 bits per heavy atom. The number of hydrazine groups is 1. The van der Waals surface area contributed by atoms with Gasteiger partial charge in [-0.2, -0.15) is 0 Å². The van der Waals surface area contributed by atoms with Crippen molar-refractivity contribution < 1.29 is 0 Å². The van der Waals surface area contributed by atoms with Gasteiger partial charge < -0.3 is 5.43 Å². The van der Waals surface area contributed by atoms with Crippen LogP contribution in [-0.2, 0) is 5.75 Å². The monoisotopic (exact) mass is 344 g/mol. The van der Waals surface area contributed by atoms with Gasteiger partial charge in [0.25, 0.3) is 0 Å². The van der Waals surface area contributed by atoms with Crippen LogP contribution in [0.25, 0.3) is 0 Å². The second-order valence-corrected chi connectivity index (χ2v) is 5.69. The number of thioether (sulfide) groups is 1. The number of hydrogen-bond acceptors (Lipinski definition) is 5. The van der Waals surface area contributed by atoms with Gasteiger partial charge in [0.05, 0.1) is 15.7 Å². The average molecular weight is 346 g/mol. The van der Waals surface area contributed by atoms with E-state index in [0.29, 0.717) is 16.6 Å². The van der Waals surface area contributed by atoms with Gasteiger partial charge in [-0.1, -0.05) is 23.4 Å². The van der Waals surface area contributed by atoms with Gasteiger partial charge in [0.2, 0.25) is 0 Å². The smallest absolute Gasteiger partial charge is 0.140 e. The van der Waals surface area contributed by atoms with E-state index < -0.39 is 0 Å². The summed E-state index contributed by atoms with van der Waals surface area (Å²) in [6, 6.07) is 7.39. The van der Waals surface area contributed by atoms with E-state index in [2.05, 4.69) is 31.3 Å². The van der Waals surface area contributed by atoms with Gasteiger partial charge in [0, 0.05) is 16.4 Å². The molecule has 0 aromatic carbocycles. The SMILES string of the molecule is NNc1ccc(Cl)c(CSc2ccc(Br)cn2)n1. The van der Waals surface area contributed by atoms with Crippen LogP contribution >= 0.6 is 39.3 Å². The molecule has 0 fully saturated rings. The fourth-order valence-corrected chi connectivity index (χ4v) is 2.54. The molecule has 0 aliphatic heterocycles. The van der Waals surface area contributed by atoms with Crippen LogP contribution in [-0.4, -0.2) is 9.97 Å². The molecule has 18 heavy (non-hydrogen) atoms. The maximum Gasteiger partial charge on any atom is 0.140 e. The third kappa shape index (κ3) is 3.58. The molecule has 2 aromatic rings. The summed E-state index contributed by atoms with van der Waals surface area (Å²) in [5.74, 6) is 6.55. The zero-order valence-corrected chi connectivity index (χ0v) is 12.4. The molecule has 0 aliphatic carbocycles. The first-order valence-electron chi connectivity index (χ1n) is 5.05. The van der Waals surface area contributed by atoms with E-state index in [-0.39, 0.29) is 0 Å². The predicted molar refractivity (Wildman–Crippen MR) is 78.6 cm³/mol. The minimum Gasteiger partial charge on any atom is -0.308 e. The first-order valence-corrected chi connectivity index (χ1v) is 7.21. The largest absolute Gasteiger partial charge is 0.308 e. The summed E-state index contributed by atoms with van der Waals surface area (Å²) >= 11 is 11.0. The molecule has 0 unspecified atom stereocenters. The van der Waals surface area contributed by atoms with E-state index in [0.717, 1.165) is 15.2 Å². The average Bonchev–Trinajstić information content (AvgIpc) is 2.40. The van der Waals surface area contributed by atoms with Crippen LogP contribution in [0.1, 0.15) is 5.69 Å². The van der Waals surface area contributed by atoms with E-state index in [9.17, 15) is 0 Å². The quantitative estimate of drug-likeness (QED) is 0.505. The van der Waals surface area contributed by atoms with Crippen molar-refractivity contribution in [3.63, 3.8) is 0 Å². The Labute approximate surface area is 122 Å². The first kappa shape index (κ1) is 13.6. The van der Waals surface area contributed by atoms with Gasteiger partial charge in [-0.15, -0.1) is 0 Å². The maximum absolute atomic E-state index is 6.07. The third-order valence-corrected chi connectivity index (χ3v) is 3.89. The van der Waals surface area contributed by atoms with E-state index in [1.165, 1.54) is 0 Å². The Balaban J connectivity index is 2.07. The van der Waals surface area contributed by atoms with Gasteiger partial charge in [0.15, 0.2) is 0 Å². The number of hydrogen-bond donors (Lipinski definition) is 2. The molecule has 2 aromatic heterocycles. The van der Waals surface area contributed by atoms with Crippen LogP contribution in [0.2, 0.25) is 5.02 Å². The lowest BCUT2D eigenvalue weighted by atomic mass is 10.4. The molecule has 0 amide bonds. The fraction of sp³-hybridized carbons (Fsp3) is 0.0909. The lowest BCUT2D eigenvalue weighted by Crippen LogP contribution is -2.09. The van der Waals surface area contributed by atoms with Crippen molar-refractivity contribution in [2.45, 2.75) is 10.8 Å². The zero-order valence-electron chi connectivity index (χ0n) is 9.23. The molecule has 0 saturated heterocycles. The highest BCUT2D eigenvalue weighted by Gasteiger charge is 2.05. The first-order chi connectivity index (χ1) is 8.69. The number of pyridine rings is 2. The third-order valence-electron chi connectivity index (χ3n) is 2.12. The van der Waals surface area contributed by atoms with Gasteiger partial charge in [-0.25, -0.2) is 15.8 Å². The van der Waals surface area contributed by atoms with Crippen LogP contribution in [0.3, 0.4) is 0 Å². The van der Waals surface area contributed by atoms with Crippen LogP contribution in [0, 0.1) is 0 Å². The molecular weight excluding hydrogens is 336 g/mol. The highest BCUT2D eigenvalue weighted by molar-refractivity contribution is 9.10. The molecule has 0 spiro atoms. The van der Waals surface area contributed by atoms with E-state index in [1.54, 1.807) is 30.1 Å². The molecule has 7 heteroatoms. The standard InChI is InChI=1S/C11H10BrClN4S/c12-7-1-4-11(15-5-7)18-6-9-8(13)2-3-10(16-9)17-14/h1-5H,6,14H2,(H,16,17). The lowest BCUT2D eigenvalue weighted by Gasteiger charge is -2.06. The maximum atomic E-state index is 6.07. The minimum absolute atomic E-state index is 0.596. The van der Waals surface area contributed by atoms with E-state index in [4.69, 9.17) is 17.4 Å². The molecule has 3 N–H and O–H groups in total. The predicted octanol–water partition coefficient (Wildman–Crippen LogP) is 3.47. The summed E-state index contributed by atoms with van der Waals surface area (Å²) in [5.41, 5.74) is 3.28. The van der Waals surface area contributed by atoms with Gasteiger partial charge >= 0.3 is 0 Å². The molecule has 0 bridgehead atoms. The fourth-order valence-electron chi connectivity index (χ4n) is 1.26. The van der Waals surface area contributed by atoms with Crippen LogP contribution in [0.4, 0.5) is 5.82 Å². The van der Waals surface area contributed by atoms with Crippen molar-refractivity contribution in [2.75, 3.05) is 5.43 Å². The van der Waals surface area contributed by atoms with Gasteiger partial charge in [-0.05, 0) is 40.2 Å². The van der Waals surface area contributed by atoms with Crippen molar-refractivity contribution in [1.29, 1.82) is 0 Å². The second-order valence-electron chi connectivity index (χ2n) is 3.37. The molecule has 2 heterocycles. The number of nitrogens with one attached hydrogen (secondary N) is 1. The molecule has 94 valence electrons. The Kier molecular flexibility index (Phi) is 4.82. The number of rotatable bonds is 4. The van der Waals surface area contributed by atoms with Gasteiger partial charge in [-0.3, -0.25) is 0 Å². The molecule has 0 aliphatic rings. The molecule has 0 radical (unpaired) electrons. The zero-order chi connectivity index (χ0) is 13.0. The summed E-state index contributed by atoms with van der Waals surface area (Å²) in [6.07, 6.45) is 1.76. The van der Waals surface area contributed by atoms with Crippen molar-refractivity contribution in [1.82, 2.24) is 9.97 Å². The highest BCUT2D eigenvalue weighted by Crippen LogP contribution is 2.25. The Morgan fingerprint density at radius 1 is 1.33 bits per heavy atom. The van der Waals surface area contributed by atoms with Crippen LogP contribution < -0.4 is 11.3 Å². The Morgan fingerprint density at radius 3 is 2.83 bits per heavy atom. The topological polar surface area (TPSA) is 63.8 Å². The Bertz CT molecular complexity index is 535. The summed E-state index contributed by atoms with van der Waals surface area (Å²) in [4.78, 5) is 8.57. The number of aromatic nitrogens is 2. The van der Waals surface area contributed by atoms with Crippen molar-refractivity contribution >= 4 is 45.1 Å². The van der Waals surface area contributed by atoms with E-state index in [1.807, 2.05) is 12.1 Å². The summed E-state index contributed by atoms with van der Waals surface area (Å²) in [5, 5.41) is 1.54. The summed E-state index contributed by atoms with van der Waals surface area (Å²) in [6.45, 7) is 0. The van der Waals surface area contributed by atoms with Gasteiger partial charge in [0.1, 0.15) is 5.82 Å². The van der Waals surface area contributed by atoms with Crippen LogP contribution in [0.15, 0.2) is 40.0 Å². The summed E-state index contributed by atoms with van der Waals surface area (Å²) < 4.78 is 0.956. The number of anilines is 1. The van der Waals surface area contributed by atoms with Crippen molar-refractivity contribution in [3.05, 3.63) is 45.7 Å². The molecule has 4 nitrogen and oxygen atoms in total. The van der Waals surface area contributed by atoms with Crippen molar-refractivity contribution in [2.24, 2.45) is 5.84 Å². The lowest BCUT2D eigenvalue weighted by molar-refractivity contribution is 1.10. The van der Waals surface area contributed by atoms with E-state index >= 15 is 0 Å². The summed E-state index contributed by atoms with van der Waals surface area (Å²) in [7, 11) is 0. The molecule has 0 saturated carbocycles. The number of nitrogens with two attached hydrogens (primary N) is 1. The number of nitrogens with zero attached hydrogens (tertiary/aromatic N) is 2. The Hall–Kier alpha value is -0.820. The molecular formula is C11H10BrClN4S. The molecule has 0 atom stereocenters. The normalized spacial score (nSPS) is 10.4. The second kappa shape index (κ2) is 6.38. The van der Waals surface area contributed by atoms with Crippen molar-refractivity contribution in [3.8, 4) is 0 Å². The highest BCUT2D eigenvalue weighted by atomic mass is 79.9. The molecule has 2 rings (SSSR count).